The monoisotopic (exact) mass is 118 g/mol. The molecule has 0 unspecified atom stereocenters. The summed E-state index contributed by atoms with van der Waals surface area (Å²) in [5, 5.41) is 0. The van der Waals surface area contributed by atoms with Crippen molar-refractivity contribution < 1.29 is 9.46 Å². The molecule has 0 fully saturated rings. The second-order valence-electron chi connectivity index (χ2n) is 1.04. The third-order valence-corrected chi connectivity index (χ3v) is 1.57. The summed E-state index contributed by atoms with van der Waals surface area (Å²) in [6, 6.07) is 0. The summed E-state index contributed by atoms with van der Waals surface area (Å²) in [5.41, 5.74) is 0. The highest BCUT2D eigenvalue weighted by Gasteiger charge is 2.01. The van der Waals surface area contributed by atoms with E-state index in [-0.39, 0.29) is 0 Å². The molecule has 0 aromatic heterocycles. The lowest BCUT2D eigenvalue weighted by molar-refractivity contribution is 0.499. The van der Waals surface area contributed by atoms with Crippen molar-refractivity contribution in [3.8, 4) is 0 Å². The molecule has 1 N–H and O–H groups in total. The molecule has 0 aliphatic heterocycles. The van der Waals surface area contributed by atoms with E-state index in [1.807, 2.05) is 0 Å². The molecule has 0 amide bonds. The van der Waals surface area contributed by atoms with Gasteiger partial charge >= 0.3 is 0 Å². The SMILES string of the molecule is C=CP(=O)(O)C=C. The van der Waals surface area contributed by atoms with Crippen LogP contribution in [0.25, 0.3) is 0 Å². The molecule has 0 radical (unpaired) electrons. The average molecular weight is 118 g/mol. The van der Waals surface area contributed by atoms with Gasteiger partial charge in [-0.3, -0.25) is 4.57 Å². The van der Waals surface area contributed by atoms with E-state index in [4.69, 9.17) is 4.89 Å². The molecule has 0 heterocycles. The predicted molar refractivity (Wildman–Crippen MR) is 30.2 cm³/mol. The van der Waals surface area contributed by atoms with Gasteiger partial charge in [-0.05, 0) is 11.6 Å². The van der Waals surface area contributed by atoms with Crippen LogP contribution in [-0.4, -0.2) is 4.89 Å². The standard InChI is InChI=1S/C4H7O2P/c1-3-7(5,6)4-2/h3-4H,1-2H2,(H,5,6). The van der Waals surface area contributed by atoms with Gasteiger partial charge in [-0.15, -0.1) is 0 Å². The van der Waals surface area contributed by atoms with Crippen molar-refractivity contribution in [1.82, 2.24) is 0 Å². The van der Waals surface area contributed by atoms with Crippen LogP contribution in [0.15, 0.2) is 24.8 Å². The van der Waals surface area contributed by atoms with Crippen LogP contribution < -0.4 is 0 Å². The van der Waals surface area contributed by atoms with E-state index >= 15 is 0 Å². The molecule has 0 aliphatic rings. The van der Waals surface area contributed by atoms with Gasteiger partial charge in [0.1, 0.15) is 0 Å². The van der Waals surface area contributed by atoms with Crippen LogP contribution >= 0.6 is 7.37 Å². The first kappa shape index (κ1) is 6.67. The fourth-order valence-corrected chi connectivity index (χ4v) is 0.224. The fraction of sp³-hybridized carbons (Fsp3) is 0. The summed E-state index contributed by atoms with van der Waals surface area (Å²) in [6.07, 6.45) is 0. The van der Waals surface area contributed by atoms with Crippen LogP contribution in [0.4, 0.5) is 0 Å². The van der Waals surface area contributed by atoms with Gasteiger partial charge in [0.15, 0.2) is 0 Å². The first-order valence-electron chi connectivity index (χ1n) is 1.72. The molecule has 0 rings (SSSR count). The summed E-state index contributed by atoms with van der Waals surface area (Å²) in [6.45, 7) is 6.24. The van der Waals surface area contributed by atoms with Crippen LogP contribution in [0.1, 0.15) is 0 Å². The average Bonchev–Trinajstić information content (AvgIpc) is 1.68. The highest BCUT2D eigenvalue weighted by Crippen LogP contribution is 2.41. The summed E-state index contributed by atoms with van der Waals surface area (Å²) >= 11 is 0. The largest absolute Gasteiger partial charge is 0.339 e. The summed E-state index contributed by atoms with van der Waals surface area (Å²) in [7, 11) is -3.13. The smallest absolute Gasteiger partial charge is 0.243 e. The van der Waals surface area contributed by atoms with Crippen molar-refractivity contribution in [3.05, 3.63) is 24.8 Å². The van der Waals surface area contributed by atoms with Crippen LogP contribution in [0.5, 0.6) is 0 Å². The zero-order chi connectivity index (χ0) is 5.91. The Balaban J connectivity index is 4.13. The third kappa shape index (κ3) is 2.38. The molecular formula is C4H7O2P. The maximum atomic E-state index is 10.3. The van der Waals surface area contributed by atoms with Gasteiger partial charge in [-0.2, -0.15) is 0 Å². The second kappa shape index (κ2) is 2.10. The van der Waals surface area contributed by atoms with Gasteiger partial charge in [0.2, 0.25) is 7.37 Å². The molecule has 2 nitrogen and oxygen atoms in total. The van der Waals surface area contributed by atoms with E-state index in [0.29, 0.717) is 0 Å². The van der Waals surface area contributed by atoms with Crippen LogP contribution in [0, 0.1) is 0 Å². The Morgan fingerprint density at radius 2 is 1.71 bits per heavy atom. The van der Waals surface area contributed by atoms with Gasteiger partial charge in [-0.25, -0.2) is 0 Å². The van der Waals surface area contributed by atoms with E-state index in [9.17, 15) is 4.57 Å². The zero-order valence-electron chi connectivity index (χ0n) is 3.87. The van der Waals surface area contributed by atoms with Gasteiger partial charge in [0.25, 0.3) is 0 Å². The molecule has 0 aliphatic carbocycles. The number of hydrogen-bond acceptors (Lipinski definition) is 1. The van der Waals surface area contributed by atoms with E-state index < -0.39 is 7.37 Å². The van der Waals surface area contributed by atoms with Gasteiger partial charge in [0.05, 0.1) is 0 Å². The molecule has 3 heteroatoms. The Morgan fingerprint density at radius 3 is 1.71 bits per heavy atom. The second-order valence-corrected chi connectivity index (χ2v) is 3.11. The molecule has 40 valence electrons. The summed E-state index contributed by atoms with van der Waals surface area (Å²) in [4.78, 5) is 8.45. The molecular weight excluding hydrogens is 111 g/mol. The van der Waals surface area contributed by atoms with E-state index in [2.05, 4.69) is 13.2 Å². The highest BCUT2D eigenvalue weighted by atomic mass is 31.2. The van der Waals surface area contributed by atoms with Crippen molar-refractivity contribution >= 4 is 7.37 Å². The van der Waals surface area contributed by atoms with Crippen LogP contribution in [0.2, 0.25) is 0 Å². The molecule has 0 atom stereocenters. The zero-order valence-corrected chi connectivity index (χ0v) is 4.77. The highest BCUT2D eigenvalue weighted by molar-refractivity contribution is 7.64. The maximum Gasteiger partial charge on any atom is 0.243 e. The van der Waals surface area contributed by atoms with Gasteiger partial charge < -0.3 is 4.89 Å². The van der Waals surface area contributed by atoms with Crippen LogP contribution in [0.3, 0.4) is 0 Å². The fourth-order valence-electron chi connectivity index (χ4n) is 0.0745. The molecule has 7 heavy (non-hydrogen) atoms. The van der Waals surface area contributed by atoms with E-state index in [0.717, 1.165) is 11.6 Å². The molecule has 0 aromatic rings. The molecule has 0 saturated heterocycles. The molecule has 0 saturated carbocycles. The molecule has 0 spiro atoms. The normalized spacial score (nSPS) is 10.4. The van der Waals surface area contributed by atoms with Gasteiger partial charge in [0, 0.05) is 0 Å². The first-order chi connectivity index (χ1) is 3.12. The topological polar surface area (TPSA) is 37.3 Å². The van der Waals surface area contributed by atoms with Crippen LogP contribution in [-0.2, 0) is 4.57 Å². The Hall–Kier alpha value is -0.330. The first-order valence-corrected chi connectivity index (χ1v) is 3.51. The summed E-state index contributed by atoms with van der Waals surface area (Å²) in [5.74, 6) is 1.97. The lowest BCUT2D eigenvalue weighted by Crippen LogP contribution is -1.60. The van der Waals surface area contributed by atoms with Crippen molar-refractivity contribution in [1.29, 1.82) is 0 Å². The Kier molecular flexibility index (Phi) is 2.00. The summed E-state index contributed by atoms with van der Waals surface area (Å²) < 4.78 is 10.3. The Bertz CT molecular complexity index is 116. The predicted octanol–water partition coefficient (Wildman–Crippen LogP) is 1.54. The minimum atomic E-state index is -3.13. The van der Waals surface area contributed by atoms with Crippen molar-refractivity contribution in [2.75, 3.05) is 0 Å². The van der Waals surface area contributed by atoms with Crippen molar-refractivity contribution in [2.45, 2.75) is 0 Å². The van der Waals surface area contributed by atoms with Gasteiger partial charge in [-0.1, -0.05) is 13.2 Å². The maximum absolute atomic E-state index is 10.3. The van der Waals surface area contributed by atoms with E-state index in [1.165, 1.54) is 0 Å². The molecule has 0 bridgehead atoms. The number of hydrogen-bond donors (Lipinski definition) is 1. The lowest BCUT2D eigenvalue weighted by atomic mass is 11.3. The Morgan fingerprint density at radius 1 is 1.43 bits per heavy atom. The van der Waals surface area contributed by atoms with Crippen molar-refractivity contribution in [2.24, 2.45) is 0 Å². The quantitative estimate of drug-likeness (QED) is 0.558. The minimum absolute atomic E-state index is 0.986. The number of rotatable bonds is 2. The lowest BCUT2D eigenvalue weighted by Gasteiger charge is -1.92. The van der Waals surface area contributed by atoms with Crippen molar-refractivity contribution in [3.63, 3.8) is 0 Å². The minimum Gasteiger partial charge on any atom is -0.339 e. The van der Waals surface area contributed by atoms with E-state index in [1.54, 1.807) is 0 Å². The Labute approximate surface area is 42.6 Å². The molecule has 0 aromatic carbocycles. The third-order valence-electron chi connectivity index (χ3n) is 0.523.